The molecule has 0 bridgehead atoms. The maximum atomic E-state index is 13.8. The van der Waals surface area contributed by atoms with Gasteiger partial charge in [-0.25, -0.2) is 0 Å². The second kappa shape index (κ2) is 10.6. The molecule has 2 rings (SSSR count). The largest absolute Gasteiger partial charge is 0.379 e. The molecule has 0 radical (unpaired) electrons. The van der Waals surface area contributed by atoms with Crippen molar-refractivity contribution in [1.29, 1.82) is 0 Å². The maximum absolute atomic E-state index is 13.8. The maximum Gasteiger partial charge on any atom is 0.339 e. The lowest BCUT2D eigenvalue weighted by Gasteiger charge is -2.23. The van der Waals surface area contributed by atoms with E-state index in [-0.39, 0.29) is 45.1 Å². The molecule has 0 aliphatic rings. The quantitative estimate of drug-likeness (QED) is 0.273. The van der Waals surface area contributed by atoms with E-state index in [1.54, 1.807) is 27.7 Å². The van der Waals surface area contributed by atoms with Crippen molar-refractivity contribution < 1.29 is 25.6 Å². The minimum atomic E-state index is -4.52. The Balaban J connectivity index is 2.84. The van der Waals surface area contributed by atoms with Crippen molar-refractivity contribution in [2.45, 2.75) is 109 Å². The van der Waals surface area contributed by atoms with E-state index in [1.807, 2.05) is 39.8 Å². The van der Waals surface area contributed by atoms with E-state index >= 15 is 0 Å². The average Bonchev–Trinajstić information content (AvgIpc) is 2.70. The van der Waals surface area contributed by atoms with Crippen molar-refractivity contribution in [1.82, 2.24) is 0 Å². The second-order valence-corrected chi connectivity index (χ2v) is 13.6. The molecule has 0 saturated heterocycles. The third kappa shape index (κ3) is 6.46. The van der Waals surface area contributed by atoms with Crippen LogP contribution in [0.25, 0.3) is 0 Å². The Labute approximate surface area is 212 Å². The predicted octanol–water partition coefficient (Wildman–Crippen LogP) is 7.32. The predicted molar refractivity (Wildman–Crippen MR) is 141 cm³/mol. The highest BCUT2D eigenvalue weighted by Gasteiger charge is 2.31. The van der Waals surface area contributed by atoms with Crippen molar-refractivity contribution in [3.05, 3.63) is 52.1 Å². The lowest BCUT2D eigenvalue weighted by Crippen LogP contribution is -2.18. The summed E-state index contributed by atoms with van der Waals surface area (Å²) in [7, 11) is -8.77. The molecule has 196 valence electrons. The summed E-state index contributed by atoms with van der Waals surface area (Å²) in [4.78, 5) is -0.0118. The fourth-order valence-electron chi connectivity index (χ4n) is 4.20. The lowest BCUT2D eigenvalue weighted by atomic mass is 9.89. The smallest absolute Gasteiger partial charge is 0.339 e. The van der Waals surface area contributed by atoms with E-state index in [4.69, 9.17) is 4.18 Å². The highest BCUT2D eigenvalue weighted by Crippen LogP contribution is 2.39. The van der Waals surface area contributed by atoms with Gasteiger partial charge in [0.25, 0.3) is 10.1 Å². The first-order valence-electron chi connectivity index (χ1n) is 12.2. The van der Waals surface area contributed by atoms with E-state index in [2.05, 4.69) is 13.8 Å². The zero-order chi connectivity index (χ0) is 27.0. The summed E-state index contributed by atoms with van der Waals surface area (Å²) in [5.74, 6) is -0.435. The van der Waals surface area contributed by atoms with Crippen molar-refractivity contribution in [2.24, 2.45) is 0 Å². The van der Waals surface area contributed by atoms with Gasteiger partial charge in [-0.3, -0.25) is 4.55 Å². The Morgan fingerprint density at radius 1 is 0.571 bits per heavy atom. The van der Waals surface area contributed by atoms with Gasteiger partial charge in [0, 0.05) is 0 Å². The summed E-state index contributed by atoms with van der Waals surface area (Å²) < 4.78 is 67.7. The van der Waals surface area contributed by atoms with Gasteiger partial charge >= 0.3 is 10.1 Å². The van der Waals surface area contributed by atoms with Crippen molar-refractivity contribution in [3.8, 4) is 5.75 Å². The molecule has 0 atom stereocenters. The SMILES string of the molecule is CC(C)c1cc(C(C)C)c(S(=O)(=O)Oc2cc(C(C)C)c(S(=O)(=O)O)c(C(C)C)c2)c(C(C)C)c1. The molecule has 1 N–H and O–H groups in total. The first-order valence-corrected chi connectivity index (χ1v) is 15.0. The van der Waals surface area contributed by atoms with Gasteiger partial charge in [0.05, 0.1) is 0 Å². The van der Waals surface area contributed by atoms with Crippen molar-refractivity contribution in [3.63, 3.8) is 0 Å². The van der Waals surface area contributed by atoms with Crippen molar-refractivity contribution >= 4 is 20.2 Å². The first kappa shape index (κ1) is 29.3. The number of rotatable bonds is 9. The molecule has 0 aromatic heterocycles. The lowest BCUT2D eigenvalue weighted by molar-refractivity contribution is 0.475. The minimum absolute atomic E-state index is 0.0298. The normalized spacial score (nSPS) is 13.0. The Hall–Kier alpha value is -1.90. The van der Waals surface area contributed by atoms with Crippen LogP contribution in [0.4, 0.5) is 0 Å². The summed E-state index contributed by atoms with van der Waals surface area (Å²) in [6, 6.07) is 6.70. The molecular formula is C27H40O6S2. The minimum Gasteiger partial charge on any atom is -0.379 e. The summed E-state index contributed by atoms with van der Waals surface area (Å²) in [6.45, 7) is 19.1. The molecule has 2 aromatic carbocycles. The fraction of sp³-hybridized carbons (Fsp3) is 0.556. The van der Waals surface area contributed by atoms with Gasteiger partial charge in [-0.15, -0.1) is 0 Å². The Kier molecular flexibility index (Phi) is 8.89. The molecule has 0 spiro atoms. The molecule has 2 aromatic rings. The van der Waals surface area contributed by atoms with E-state index in [0.29, 0.717) is 22.3 Å². The van der Waals surface area contributed by atoms with Crippen LogP contribution in [0.1, 0.15) is 127 Å². The van der Waals surface area contributed by atoms with Crippen LogP contribution in [-0.2, 0) is 20.2 Å². The second-order valence-electron chi connectivity index (χ2n) is 10.7. The van der Waals surface area contributed by atoms with E-state index in [9.17, 15) is 21.4 Å². The number of hydrogen-bond donors (Lipinski definition) is 1. The molecule has 0 saturated carbocycles. The molecule has 0 unspecified atom stereocenters. The third-order valence-corrected chi connectivity index (χ3v) is 8.53. The van der Waals surface area contributed by atoms with Gasteiger partial charge in [0.15, 0.2) is 0 Å². The summed E-state index contributed by atoms with van der Waals surface area (Å²) >= 11 is 0. The molecule has 35 heavy (non-hydrogen) atoms. The van der Waals surface area contributed by atoms with Crippen LogP contribution in [0.15, 0.2) is 34.1 Å². The summed E-state index contributed by atoms with van der Waals surface area (Å²) in [5.41, 5.74) is 3.09. The highest BCUT2D eigenvalue weighted by atomic mass is 32.2. The Morgan fingerprint density at radius 2 is 0.914 bits per heavy atom. The van der Waals surface area contributed by atoms with Gasteiger partial charge in [-0.2, -0.15) is 16.8 Å². The average molecular weight is 525 g/mol. The topological polar surface area (TPSA) is 97.7 Å². The zero-order valence-corrected chi connectivity index (χ0v) is 24.1. The van der Waals surface area contributed by atoms with Gasteiger partial charge in [0.1, 0.15) is 15.5 Å². The highest BCUT2D eigenvalue weighted by molar-refractivity contribution is 7.87. The molecule has 8 heteroatoms. The van der Waals surface area contributed by atoms with Crippen LogP contribution in [-0.4, -0.2) is 21.4 Å². The zero-order valence-electron chi connectivity index (χ0n) is 22.5. The van der Waals surface area contributed by atoms with Gasteiger partial charge in [0.2, 0.25) is 0 Å². The molecular weight excluding hydrogens is 484 g/mol. The fourth-order valence-corrected chi connectivity index (χ4v) is 6.98. The van der Waals surface area contributed by atoms with E-state index in [0.717, 1.165) is 5.56 Å². The number of hydrogen-bond acceptors (Lipinski definition) is 5. The van der Waals surface area contributed by atoms with E-state index < -0.39 is 20.2 Å². The van der Waals surface area contributed by atoms with Crippen LogP contribution in [0, 0.1) is 0 Å². The summed E-state index contributed by atoms with van der Waals surface area (Å²) in [5, 5.41) is 0. The molecule has 0 amide bonds. The Bertz CT molecular complexity index is 1230. The van der Waals surface area contributed by atoms with Crippen LogP contribution >= 0.6 is 0 Å². The number of benzene rings is 2. The monoisotopic (exact) mass is 524 g/mol. The third-order valence-electron chi connectivity index (χ3n) is 6.16. The van der Waals surface area contributed by atoms with Crippen LogP contribution < -0.4 is 4.18 Å². The molecule has 0 aliphatic heterocycles. The standard InChI is InChI=1S/C27H40O6S2/c1-15(2)20-11-22(16(3)4)27(23(12-20)17(5)6)35(31,32)33-21-13-24(18(7)8)26(34(28,29)30)25(14-21)19(9)10/h11-19H,1-10H3,(H,28,29,30). The molecule has 6 nitrogen and oxygen atoms in total. The first-order chi connectivity index (χ1) is 15.9. The molecule has 0 fully saturated rings. The van der Waals surface area contributed by atoms with Crippen LogP contribution in [0.2, 0.25) is 0 Å². The van der Waals surface area contributed by atoms with E-state index in [1.165, 1.54) is 12.1 Å². The van der Waals surface area contributed by atoms with Crippen LogP contribution in [0.3, 0.4) is 0 Å². The van der Waals surface area contributed by atoms with Gasteiger partial charge in [-0.1, -0.05) is 81.4 Å². The molecule has 0 heterocycles. The van der Waals surface area contributed by atoms with Crippen molar-refractivity contribution in [2.75, 3.05) is 0 Å². The Morgan fingerprint density at radius 3 is 1.20 bits per heavy atom. The van der Waals surface area contributed by atoms with Gasteiger partial charge in [-0.05, 0) is 69.5 Å². The van der Waals surface area contributed by atoms with Gasteiger partial charge < -0.3 is 4.18 Å². The molecule has 0 aliphatic carbocycles. The summed E-state index contributed by atoms with van der Waals surface area (Å²) in [6.07, 6.45) is 0. The van der Waals surface area contributed by atoms with Crippen LogP contribution in [0.5, 0.6) is 5.75 Å².